The van der Waals surface area contributed by atoms with Crippen molar-refractivity contribution in [1.82, 2.24) is 9.88 Å². The highest BCUT2D eigenvalue weighted by Crippen LogP contribution is 2.12. The molecule has 0 aliphatic heterocycles. The van der Waals surface area contributed by atoms with Crippen LogP contribution in [0.25, 0.3) is 0 Å². The average molecular weight is 272 g/mol. The van der Waals surface area contributed by atoms with Gasteiger partial charge in [-0.25, -0.2) is 9.37 Å². The molecule has 0 aliphatic carbocycles. The Kier molecular flexibility index (Phi) is 5.35. The van der Waals surface area contributed by atoms with E-state index in [4.69, 9.17) is 0 Å². The monoisotopic (exact) mass is 272 g/mol. The topological polar surface area (TPSA) is 59.5 Å². The maximum absolute atomic E-state index is 13.4. The van der Waals surface area contributed by atoms with Crippen LogP contribution in [0.1, 0.15) is 23.7 Å². The predicted octanol–water partition coefficient (Wildman–Crippen LogP) is 1.38. The van der Waals surface area contributed by atoms with E-state index >= 15 is 0 Å². The molecule has 1 aromatic heterocycles. The van der Waals surface area contributed by atoms with Crippen molar-refractivity contribution in [3.63, 3.8) is 0 Å². The number of hydrogen-bond acceptors (Lipinski definition) is 4. The van der Waals surface area contributed by atoms with Gasteiger partial charge in [-0.2, -0.15) is 4.39 Å². The number of carbonyl (C=O) groups is 2. The summed E-state index contributed by atoms with van der Waals surface area (Å²) >= 11 is 0. The van der Waals surface area contributed by atoms with E-state index in [1.807, 2.05) is 0 Å². The zero-order valence-corrected chi connectivity index (χ0v) is 10.7. The molecule has 0 aromatic carbocycles. The number of aromatic nitrogens is 1. The molecular formula is C12H14F2N2O3. The molecule has 0 saturated carbocycles. The summed E-state index contributed by atoms with van der Waals surface area (Å²) in [5, 5.41) is 0. The average Bonchev–Trinajstić information content (AvgIpc) is 2.41. The van der Waals surface area contributed by atoms with Crippen molar-refractivity contribution < 1.29 is 23.1 Å². The first kappa shape index (κ1) is 15.0. The van der Waals surface area contributed by atoms with Crippen LogP contribution in [0.4, 0.5) is 8.78 Å². The van der Waals surface area contributed by atoms with Crippen molar-refractivity contribution in [1.29, 1.82) is 0 Å². The lowest BCUT2D eigenvalue weighted by Gasteiger charge is -2.20. The molecule has 1 aromatic rings. The number of esters is 1. The van der Waals surface area contributed by atoms with Gasteiger partial charge in [-0.15, -0.1) is 0 Å². The van der Waals surface area contributed by atoms with Gasteiger partial charge in [-0.3, -0.25) is 9.59 Å². The van der Waals surface area contributed by atoms with Crippen LogP contribution in [0.15, 0.2) is 12.3 Å². The fraction of sp³-hybridized carbons (Fsp3) is 0.417. The number of nitrogens with zero attached hydrogens (tertiary/aromatic N) is 2. The second-order valence-electron chi connectivity index (χ2n) is 3.67. The Bertz CT molecular complexity index is 480. The summed E-state index contributed by atoms with van der Waals surface area (Å²) in [5.41, 5.74) is -0.404. The van der Waals surface area contributed by atoms with E-state index in [0.29, 0.717) is 0 Å². The van der Waals surface area contributed by atoms with Gasteiger partial charge in [0.05, 0.1) is 19.1 Å². The summed E-state index contributed by atoms with van der Waals surface area (Å²) in [6.07, 6.45) is 1.01. The van der Waals surface area contributed by atoms with Crippen LogP contribution < -0.4 is 0 Å². The molecule has 7 heteroatoms. The van der Waals surface area contributed by atoms with Gasteiger partial charge in [-0.05, 0) is 13.0 Å². The minimum Gasteiger partial charge on any atom is -0.469 e. The van der Waals surface area contributed by atoms with Crippen molar-refractivity contribution >= 4 is 11.9 Å². The van der Waals surface area contributed by atoms with Crippen LogP contribution in [0.5, 0.6) is 0 Å². The standard InChI is InChI=1S/C12H14F2N2O3/c1-3-16(7-5-9(17)19-2)12(18)8-4-6-15-11(14)10(8)13/h4,6H,3,5,7H2,1-2H3. The Morgan fingerprint density at radius 1 is 1.42 bits per heavy atom. The maximum atomic E-state index is 13.4. The van der Waals surface area contributed by atoms with Gasteiger partial charge in [0.15, 0.2) is 5.82 Å². The Morgan fingerprint density at radius 2 is 2.11 bits per heavy atom. The molecular weight excluding hydrogens is 258 g/mol. The van der Waals surface area contributed by atoms with Crippen LogP contribution in [0.3, 0.4) is 0 Å². The Morgan fingerprint density at radius 3 is 2.68 bits per heavy atom. The van der Waals surface area contributed by atoms with E-state index in [2.05, 4.69) is 9.72 Å². The molecule has 5 nitrogen and oxygen atoms in total. The van der Waals surface area contributed by atoms with Gasteiger partial charge < -0.3 is 9.64 Å². The Hall–Kier alpha value is -2.05. The maximum Gasteiger partial charge on any atom is 0.307 e. The SMILES string of the molecule is CCN(CCC(=O)OC)C(=O)c1ccnc(F)c1F. The fourth-order valence-corrected chi connectivity index (χ4v) is 1.49. The smallest absolute Gasteiger partial charge is 0.307 e. The van der Waals surface area contributed by atoms with Gasteiger partial charge in [-0.1, -0.05) is 0 Å². The second-order valence-corrected chi connectivity index (χ2v) is 3.67. The first-order chi connectivity index (χ1) is 9.01. The number of pyridine rings is 1. The fourth-order valence-electron chi connectivity index (χ4n) is 1.49. The first-order valence-corrected chi connectivity index (χ1v) is 5.67. The molecule has 0 unspecified atom stereocenters. The molecule has 0 bridgehead atoms. The summed E-state index contributed by atoms with van der Waals surface area (Å²) in [7, 11) is 1.23. The van der Waals surface area contributed by atoms with Crippen LogP contribution in [0, 0.1) is 11.8 Å². The van der Waals surface area contributed by atoms with Gasteiger partial charge in [0, 0.05) is 19.3 Å². The Labute approximate surface area is 109 Å². The summed E-state index contributed by atoms with van der Waals surface area (Å²) in [6.45, 7) is 2.01. The molecule has 1 amide bonds. The number of methoxy groups -OCH3 is 1. The van der Waals surface area contributed by atoms with Gasteiger partial charge in [0.1, 0.15) is 0 Å². The summed E-state index contributed by atoms with van der Waals surface area (Å²) in [5.74, 6) is -3.78. The molecule has 0 saturated heterocycles. The van der Waals surface area contributed by atoms with Crippen molar-refractivity contribution in [3.8, 4) is 0 Å². The number of amides is 1. The van der Waals surface area contributed by atoms with Crippen molar-refractivity contribution in [2.24, 2.45) is 0 Å². The highest BCUT2D eigenvalue weighted by molar-refractivity contribution is 5.94. The second kappa shape index (κ2) is 6.77. The van der Waals surface area contributed by atoms with E-state index in [1.165, 1.54) is 12.0 Å². The molecule has 0 fully saturated rings. The number of carbonyl (C=O) groups excluding carboxylic acids is 2. The zero-order valence-electron chi connectivity index (χ0n) is 10.7. The minimum absolute atomic E-state index is 0.00867. The Balaban J connectivity index is 2.84. The summed E-state index contributed by atoms with van der Waals surface area (Å²) in [4.78, 5) is 27.3. The molecule has 0 atom stereocenters. The van der Waals surface area contributed by atoms with Gasteiger partial charge in [0.2, 0.25) is 5.95 Å². The normalized spacial score (nSPS) is 10.1. The quantitative estimate of drug-likeness (QED) is 0.600. The van der Waals surface area contributed by atoms with E-state index in [0.717, 1.165) is 12.3 Å². The van der Waals surface area contributed by atoms with Gasteiger partial charge >= 0.3 is 5.97 Å². The largest absolute Gasteiger partial charge is 0.469 e. The third-order valence-corrected chi connectivity index (χ3v) is 2.56. The molecule has 1 rings (SSSR count). The van der Waals surface area contributed by atoms with Crippen molar-refractivity contribution in [2.75, 3.05) is 20.2 Å². The van der Waals surface area contributed by atoms with E-state index < -0.39 is 29.2 Å². The third kappa shape index (κ3) is 3.70. The number of rotatable bonds is 5. The van der Waals surface area contributed by atoms with E-state index in [-0.39, 0.29) is 19.5 Å². The van der Waals surface area contributed by atoms with Crippen LogP contribution in [-0.2, 0) is 9.53 Å². The summed E-state index contributed by atoms with van der Waals surface area (Å²) in [6, 6.07) is 1.10. The summed E-state index contributed by atoms with van der Waals surface area (Å²) < 4.78 is 30.8. The van der Waals surface area contributed by atoms with Crippen LogP contribution in [0.2, 0.25) is 0 Å². The van der Waals surface area contributed by atoms with Crippen molar-refractivity contribution in [3.05, 3.63) is 29.6 Å². The van der Waals surface area contributed by atoms with E-state index in [9.17, 15) is 18.4 Å². The molecule has 19 heavy (non-hydrogen) atoms. The lowest BCUT2D eigenvalue weighted by atomic mass is 10.2. The third-order valence-electron chi connectivity index (χ3n) is 2.56. The molecule has 0 radical (unpaired) electrons. The molecule has 0 spiro atoms. The number of hydrogen-bond donors (Lipinski definition) is 0. The highest BCUT2D eigenvalue weighted by atomic mass is 19.2. The molecule has 0 aliphatic rings. The molecule has 0 N–H and O–H groups in total. The number of ether oxygens (including phenoxy) is 1. The highest BCUT2D eigenvalue weighted by Gasteiger charge is 2.21. The van der Waals surface area contributed by atoms with E-state index in [1.54, 1.807) is 6.92 Å². The molecule has 104 valence electrons. The lowest BCUT2D eigenvalue weighted by molar-refractivity contribution is -0.140. The van der Waals surface area contributed by atoms with Crippen LogP contribution in [-0.4, -0.2) is 42.0 Å². The van der Waals surface area contributed by atoms with Crippen LogP contribution >= 0.6 is 0 Å². The predicted molar refractivity (Wildman–Crippen MR) is 62.4 cm³/mol. The van der Waals surface area contributed by atoms with Gasteiger partial charge in [0.25, 0.3) is 5.91 Å². The first-order valence-electron chi connectivity index (χ1n) is 5.67. The molecule has 1 heterocycles. The minimum atomic E-state index is -1.32. The lowest BCUT2D eigenvalue weighted by Crippen LogP contribution is -2.33. The number of halogens is 2. The van der Waals surface area contributed by atoms with Crippen molar-refractivity contribution in [2.45, 2.75) is 13.3 Å². The zero-order chi connectivity index (χ0) is 14.4.